The second kappa shape index (κ2) is 7.54. The fourth-order valence-electron chi connectivity index (χ4n) is 2.44. The number of benzene rings is 1. The van der Waals surface area contributed by atoms with Crippen molar-refractivity contribution in [3.63, 3.8) is 0 Å². The predicted molar refractivity (Wildman–Crippen MR) is 80.9 cm³/mol. The number of methoxy groups -OCH3 is 1. The molecular formula is C16H24N2O3. The molecule has 2 rings (SSSR count). The van der Waals surface area contributed by atoms with Crippen LogP contribution in [0.3, 0.4) is 0 Å². The minimum atomic E-state index is -0.499. The number of carbonyl (C=O) groups excluding carboxylic acids is 1. The Kier molecular flexibility index (Phi) is 5.73. The molecule has 0 saturated carbocycles. The van der Waals surface area contributed by atoms with Crippen LogP contribution in [0.2, 0.25) is 0 Å². The van der Waals surface area contributed by atoms with Crippen LogP contribution in [0.15, 0.2) is 30.3 Å². The number of hydrogen-bond acceptors (Lipinski definition) is 4. The smallest absolute Gasteiger partial charge is 0.237 e. The van der Waals surface area contributed by atoms with Crippen molar-refractivity contribution in [1.82, 2.24) is 5.32 Å². The number of nitrogens with one attached hydrogen (secondary N) is 1. The Hall–Kier alpha value is -1.43. The van der Waals surface area contributed by atoms with E-state index in [-0.39, 0.29) is 5.91 Å². The largest absolute Gasteiger partial charge is 0.378 e. The molecule has 1 fully saturated rings. The molecule has 1 unspecified atom stereocenters. The summed E-state index contributed by atoms with van der Waals surface area (Å²) in [6.45, 7) is 1.63. The third-order valence-corrected chi connectivity index (χ3v) is 4.01. The van der Waals surface area contributed by atoms with Gasteiger partial charge in [0, 0.05) is 26.7 Å². The molecule has 1 amide bonds. The SMILES string of the molecule is COC1(CNC(=O)[C@@H](N)CCc2ccccc2)CCOC1. The second-order valence-electron chi connectivity index (χ2n) is 5.54. The quantitative estimate of drug-likeness (QED) is 0.782. The molecule has 116 valence electrons. The average molecular weight is 292 g/mol. The van der Waals surface area contributed by atoms with E-state index < -0.39 is 11.6 Å². The maximum Gasteiger partial charge on any atom is 0.237 e. The van der Waals surface area contributed by atoms with E-state index in [0.717, 1.165) is 12.8 Å². The van der Waals surface area contributed by atoms with Gasteiger partial charge in [0.05, 0.1) is 12.6 Å². The highest BCUT2D eigenvalue weighted by Crippen LogP contribution is 2.21. The van der Waals surface area contributed by atoms with Crippen molar-refractivity contribution in [2.45, 2.75) is 30.9 Å². The van der Waals surface area contributed by atoms with Crippen molar-refractivity contribution >= 4 is 5.91 Å². The highest BCUT2D eigenvalue weighted by Gasteiger charge is 2.35. The number of aryl methyl sites for hydroxylation is 1. The maximum absolute atomic E-state index is 12.0. The molecule has 1 saturated heterocycles. The van der Waals surface area contributed by atoms with Gasteiger partial charge >= 0.3 is 0 Å². The normalized spacial score (nSPS) is 23.0. The summed E-state index contributed by atoms with van der Waals surface area (Å²) in [4.78, 5) is 12.0. The van der Waals surface area contributed by atoms with Gasteiger partial charge < -0.3 is 20.5 Å². The standard InChI is InChI=1S/C16H24N2O3/c1-20-16(9-10-21-12-16)11-18-15(19)14(17)8-7-13-5-3-2-4-6-13/h2-6,14H,7-12,17H2,1H3,(H,18,19)/t14-,16?/m0/s1. The van der Waals surface area contributed by atoms with E-state index in [1.165, 1.54) is 5.56 Å². The van der Waals surface area contributed by atoms with Crippen LogP contribution in [0, 0.1) is 0 Å². The Morgan fingerprint density at radius 3 is 2.86 bits per heavy atom. The van der Waals surface area contributed by atoms with Crippen LogP contribution in [-0.2, 0) is 20.7 Å². The first-order valence-electron chi connectivity index (χ1n) is 7.35. The number of carbonyl (C=O) groups is 1. The monoisotopic (exact) mass is 292 g/mol. The van der Waals surface area contributed by atoms with E-state index in [4.69, 9.17) is 15.2 Å². The third-order valence-electron chi connectivity index (χ3n) is 4.01. The van der Waals surface area contributed by atoms with Gasteiger partial charge in [-0.2, -0.15) is 0 Å². The molecule has 5 nitrogen and oxygen atoms in total. The Balaban J connectivity index is 1.75. The van der Waals surface area contributed by atoms with Crippen LogP contribution in [0.4, 0.5) is 0 Å². The zero-order valence-electron chi connectivity index (χ0n) is 12.5. The lowest BCUT2D eigenvalue weighted by Crippen LogP contribution is -2.49. The highest BCUT2D eigenvalue weighted by molar-refractivity contribution is 5.81. The van der Waals surface area contributed by atoms with Gasteiger partial charge in [-0.25, -0.2) is 0 Å². The van der Waals surface area contributed by atoms with Crippen LogP contribution < -0.4 is 11.1 Å². The first-order valence-corrected chi connectivity index (χ1v) is 7.35. The maximum atomic E-state index is 12.0. The van der Waals surface area contributed by atoms with Crippen molar-refractivity contribution in [2.75, 3.05) is 26.9 Å². The number of nitrogens with two attached hydrogens (primary N) is 1. The zero-order chi connectivity index (χ0) is 15.1. The number of ether oxygens (including phenoxy) is 2. The predicted octanol–water partition coefficient (Wildman–Crippen LogP) is 0.868. The fraction of sp³-hybridized carbons (Fsp3) is 0.562. The van der Waals surface area contributed by atoms with Crippen LogP contribution in [0.25, 0.3) is 0 Å². The van der Waals surface area contributed by atoms with Crippen molar-refractivity contribution in [1.29, 1.82) is 0 Å². The van der Waals surface area contributed by atoms with E-state index in [9.17, 15) is 4.79 Å². The van der Waals surface area contributed by atoms with E-state index in [0.29, 0.717) is 26.2 Å². The summed E-state index contributed by atoms with van der Waals surface area (Å²) in [6, 6.07) is 9.54. The van der Waals surface area contributed by atoms with Crippen molar-refractivity contribution in [3.8, 4) is 0 Å². The lowest BCUT2D eigenvalue weighted by atomic mass is 10.0. The molecule has 0 aromatic heterocycles. The molecule has 1 heterocycles. The van der Waals surface area contributed by atoms with E-state index >= 15 is 0 Å². The molecule has 3 N–H and O–H groups in total. The topological polar surface area (TPSA) is 73.6 Å². The van der Waals surface area contributed by atoms with Crippen molar-refractivity contribution in [3.05, 3.63) is 35.9 Å². The fourth-order valence-corrected chi connectivity index (χ4v) is 2.44. The minimum Gasteiger partial charge on any atom is -0.378 e. The zero-order valence-corrected chi connectivity index (χ0v) is 12.5. The molecule has 0 aliphatic carbocycles. The summed E-state index contributed by atoms with van der Waals surface area (Å²) in [6.07, 6.45) is 2.23. The van der Waals surface area contributed by atoms with Crippen LogP contribution in [0.1, 0.15) is 18.4 Å². The summed E-state index contributed by atoms with van der Waals surface area (Å²) < 4.78 is 10.8. The van der Waals surface area contributed by atoms with Gasteiger partial charge in [-0.1, -0.05) is 30.3 Å². The summed E-state index contributed by atoms with van der Waals surface area (Å²) in [5, 5.41) is 2.88. The van der Waals surface area contributed by atoms with E-state index in [1.54, 1.807) is 7.11 Å². The minimum absolute atomic E-state index is 0.130. The Morgan fingerprint density at radius 1 is 1.48 bits per heavy atom. The number of rotatable bonds is 7. The molecule has 1 aliphatic rings. The van der Waals surface area contributed by atoms with Crippen molar-refractivity contribution < 1.29 is 14.3 Å². The third kappa shape index (κ3) is 4.52. The van der Waals surface area contributed by atoms with Gasteiger partial charge in [0.1, 0.15) is 5.60 Å². The number of amides is 1. The molecule has 0 bridgehead atoms. The van der Waals surface area contributed by atoms with Gasteiger partial charge in [-0.15, -0.1) is 0 Å². The molecule has 0 spiro atoms. The van der Waals surface area contributed by atoms with Crippen molar-refractivity contribution in [2.24, 2.45) is 5.73 Å². The first kappa shape index (κ1) is 15.9. The highest BCUT2D eigenvalue weighted by atomic mass is 16.5. The average Bonchev–Trinajstić information content (AvgIpc) is 3.01. The van der Waals surface area contributed by atoms with Gasteiger partial charge in [0.25, 0.3) is 0 Å². The Morgan fingerprint density at radius 2 is 2.24 bits per heavy atom. The molecular weight excluding hydrogens is 268 g/mol. The second-order valence-corrected chi connectivity index (χ2v) is 5.54. The Labute approximate surface area is 125 Å². The summed E-state index contributed by atoms with van der Waals surface area (Å²) in [5.41, 5.74) is 6.75. The van der Waals surface area contributed by atoms with Crippen LogP contribution in [0.5, 0.6) is 0 Å². The molecule has 21 heavy (non-hydrogen) atoms. The molecule has 2 atom stereocenters. The van der Waals surface area contributed by atoms with Crippen LogP contribution >= 0.6 is 0 Å². The summed E-state index contributed by atoms with van der Waals surface area (Å²) in [5.74, 6) is -0.130. The van der Waals surface area contributed by atoms with Crippen LogP contribution in [-0.4, -0.2) is 44.4 Å². The number of hydrogen-bond donors (Lipinski definition) is 2. The lowest BCUT2D eigenvalue weighted by Gasteiger charge is -2.26. The van der Waals surface area contributed by atoms with Gasteiger partial charge in [-0.3, -0.25) is 4.79 Å². The summed E-state index contributed by atoms with van der Waals surface area (Å²) >= 11 is 0. The van der Waals surface area contributed by atoms with Gasteiger partial charge in [0.15, 0.2) is 0 Å². The van der Waals surface area contributed by atoms with E-state index in [1.807, 2.05) is 30.3 Å². The van der Waals surface area contributed by atoms with Gasteiger partial charge in [0.2, 0.25) is 5.91 Å². The molecule has 1 aromatic rings. The lowest BCUT2D eigenvalue weighted by molar-refractivity contribution is -0.124. The Bertz CT molecular complexity index is 444. The molecule has 1 aliphatic heterocycles. The van der Waals surface area contributed by atoms with Gasteiger partial charge in [-0.05, 0) is 18.4 Å². The molecule has 0 radical (unpaired) electrons. The summed E-state index contributed by atoms with van der Waals surface area (Å²) in [7, 11) is 1.65. The molecule has 5 heteroatoms. The first-order chi connectivity index (χ1) is 10.2. The van der Waals surface area contributed by atoms with E-state index in [2.05, 4.69) is 5.32 Å². The molecule has 1 aromatic carbocycles.